The zero-order valence-corrected chi connectivity index (χ0v) is 35.3. The molecule has 2 aromatic heterocycles. The highest BCUT2D eigenvalue weighted by Gasteiger charge is 2.50. The quantitative estimate of drug-likeness (QED) is 0.162. The average molecular weight is 833 g/mol. The van der Waals surface area contributed by atoms with Crippen molar-refractivity contribution in [1.29, 1.82) is 0 Å². The van der Waals surface area contributed by atoms with Crippen LogP contribution in [-0.4, -0.2) is 19.9 Å². The first-order valence-electron chi connectivity index (χ1n) is 21.6. The number of hydrogen-bond acceptors (Lipinski definition) is 5. The van der Waals surface area contributed by atoms with Gasteiger partial charge < -0.3 is 0 Å². The summed E-state index contributed by atoms with van der Waals surface area (Å²) in [6.07, 6.45) is 0. The van der Waals surface area contributed by atoms with Gasteiger partial charge >= 0.3 is 0 Å². The van der Waals surface area contributed by atoms with E-state index in [0.717, 1.165) is 55.4 Å². The van der Waals surface area contributed by atoms with Crippen molar-refractivity contribution in [3.8, 4) is 67.7 Å². The molecule has 11 aromatic rings. The van der Waals surface area contributed by atoms with Crippen molar-refractivity contribution >= 4 is 33.4 Å². The van der Waals surface area contributed by atoms with E-state index in [1.165, 1.54) is 48.6 Å². The molecule has 0 bridgehead atoms. The van der Waals surface area contributed by atoms with E-state index in [0.29, 0.717) is 17.5 Å². The Morgan fingerprint density at radius 1 is 0.297 bits per heavy atom. The molecule has 0 radical (unpaired) electrons. The third kappa shape index (κ3) is 5.64. The second-order valence-electron chi connectivity index (χ2n) is 16.5. The van der Waals surface area contributed by atoms with Crippen LogP contribution in [0.15, 0.2) is 228 Å². The van der Waals surface area contributed by atoms with Gasteiger partial charge in [-0.3, -0.25) is 0 Å². The first kappa shape index (κ1) is 36.6. The smallest absolute Gasteiger partial charge is 0.164 e. The fourth-order valence-electron chi connectivity index (χ4n) is 10.1. The van der Waals surface area contributed by atoms with E-state index >= 15 is 0 Å². The summed E-state index contributed by atoms with van der Waals surface area (Å²) >= 11 is 1.88. The van der Waals surface area contributed by atoms with Crippen LogP contribution >= 0.6 is 11.8 Å². The summed E-state index contributed by atoms with van der Waals surface area (Å²) in [5.74, 6) is 1.93. The molecule has 0 unspecified atom stereocenters. The Kier molecular flexibility index (Phi) is 8.33. The van der Waals surface area contributed by atoms with E-state index in [-0.39, 0.29) is 0 Å². The van der Waals surface area contributed by atoms with E-state index in [1.807, 2.05) is 72.4 Å². The van der Waals surface area contributed by atoms with Gasteiger partial charge in [-0.25, -0.2) is 19.9 Å². The van der Waals surface area contributed by atoms with Gasteiger partial charge in [0, 0.05) is 42.8 Å². The number of fused-ring (bicyclic) bond motifs is 12. The lowest BCUT2D eigenvalue weighted by atomic mass is 9.67. The molecular weight excluding hydrogens is 797 g/mol. The Balaban J connectivity index is 1.01. The molecule has 4 nitrogen and oxygen atoms in total. The first-order valence-corrected chi connectivity index (χ1v) is 22.4. The molecule has 1 spiro atoms. The molecular formula is C59H36N4S. The lowest BCUT2D eigenvalue weighted by Crippen LogP contribution is -2.31. The van der Waals surface area contributed by atoms with Crippen molar-refractivity contribution in [1.82, 2.24) is 19.9 Å². The minimum absolute atomic E-state index is 0.482. The van der Waals surface area contributed by atoms with Gasteiger partial charge in [-0.05, 0) is 86.3 Å². The Morgan fingerprint density at radius 2 is 0.781 bits per heavy atom. The minimum Gasteiger partial charge on any atom is -0.247 e. The van der Waals surface area contributed by atoms with E-state index < -0.39 is 5.41 Å². The maximum Gasteiger partial charge on any atom is 0.164 e. The van der Waals surface area contributed by atoms with E-state index in [4.69, 9.17) is 19.9 Å². The predicted octanol–water partition coefficient (Wildman–Crippen LogP) is 14.7. The van der Waals surface area contributed by atoms with Crippen molar-refractivity contribution in [2.45, 2.75) is 15.2 Å². The third-order valence-corrected chi connectivity index (χ3v) is 14.1. The molecule has 9 aromatic carbocycles. The Morgan fingerprint density at radius 3 is 1.39 bits per heavy atom. The van der Waals surface area contributed by atoms with Gasteiger partial charge in [0.05, 0.1) is 16.6 Å². The van der Waals surface area contributed by atoms with Crippen LogP contribution in [0.1, 0.15) is 22.3 Å². The zero-order valence-electron chi connectivity index (χ0n) is 34.5. The van der Waals surface area contributed by atoms with Crippen LogP contribution in [0.5, 0.6) is 0 Å². The van der Waals surface area contributed by atoms with Gasteiger partial charge in [-0.1, -0.05) is 194 Å². The van der Waals surface area contributed by atoms with Crippen LogP contribution in [0.4, 0.5) is 0 Å². The van der Waals surface area contributed by atoms with Crippen LogP contribution < -0.4 is 0 Å². The molecule has 1 aliphatic heterocycles. The molecule has 0 atom stereocenters. The van der Waals surface area contributed by atoms with Gasteiger partial charge in [0.2, 0.25) is 0 Å². The second-order valence-corrected chi connectivity index (χ2v) is 17.6. The number of hydrogen-bond donors (Lipinski definition) is 0. The summed E-state index contributed by atoms with van der Waals surface area (Å²) in [5.41, 5.74) is 15.4. The molecule has 64 heavy (non-hydrogen) atoms. The van der Waals surface area contributed by atoms with Crippen molar-refractivity contribution in [3.05, 3.63) is 241 Å². The summed E-state index contributed by atoms with van der Waals surface area (Å²) in [7, 11) is 0. The molecule has 13 rings (SSSR count). The molecule has 1 aliphatic carbocycles. The highest BCUT2D eigenvalue weighted by Crippen LogP contribution is 2.63. The summed E-state index contributed by atoms with van der Waals surface area (Å²) in [5, 5.41) is 3.45. The number of rotatable bonds is 5. The second kappa shape index (κ2) is 14.6. The third-order valence-electron chi connectivity index (χ3n) is 13.0. The summed E-state index contributed by atoms with van der Waals surface area (Å²) in [6.45, 7) is 0. The van der Waals surface area contributed by atoms with Crippen LogP contribution in [-0.2, 0) is 5.41 Å². The largest absolute Gasteiger partial charge is 0.247 e. The average Bonchev–Trinajstić information content (AvgIpc) is 3.65. The van der Waals surface area contributed by atoms with Crippen molar-refractivity contribution < 1.29 is 0 Å². The van der Waals surface area contributed by atoms with Crippen molar-refractivity contribution in [3.63, 3.8) is 0 Å². The molecule has 0 amide bonds. The molecule has 0 N–H and O–H groups in total. The molecule has 0 saturated heterocycles. The number of aromatic nitrogens is 4. The highest BCUT2D eigenvalue weighted by atomic mass is 32.2. The van der Waals surface area contributed by atoms with Crippen molar-refractivity contribution in [2.75, 3.05) is 0 Å². The van der Waals surface area contributed by atoms with Gasteiger partial charge in [0.15, 0.2) is 17.5 Å². The number of benzene rings is 9. The minimum atomic E-state index is -0.482. The normalized spacial score (nSPS) is 13.1. The molecule has 0 fully saturated rings. The van der Waals surface area contributed by atoms with E-state index in [9.17, 15) is 0 Å². The van der Waals surface area contributed by atoms with Gasteiger partial charge in [0.25, 0.3) is 0 Å². The monoisotopic (exact) mass is 832 g/mol. The number of pyridine rings is 1. The fourth-order valence-corrected chi connectivity index (χ4v) is 11.3. The topological polar surface area (TPSA) is 51.6 Å². The Bertz CT molecular complexity index is 3520. The molecule has 2 aliphatic rings. The van der Waals surface area contributed by atoms with Crippen LogP contribution in [0.25, 0.3) is 89.4 Å². The van der Waals surface area contributed by atoms with Crippen LogP contribution in [0.2, 0.25) is 0 Å². The van der Waals surface area contributed by atoms with Gasteiger partial charge in [-0.15, -0.1) is 0 Å². The first-order chi connectivity index (χ1) is 31.7. The van der Waals surface area contributed by atoms with Crippen molar-refractivity contribution in [2.24, 2.45) is 0 Å². The standard InChI is InChI=1S/C59H36N4S/c1-4-16-38(17-5-1)55-47-35-45-43-22-10-11-23-48(43)59(49-24-12-14-26-53(49)64-54-27-15-13-25-50(54)59)51(45)36-44(47)46-34-42(32-33-52(46)60-55)37-28-30-41(31-29-37)58-62-56(39-18-6-2-7-19-39)61-57(63-58)40-20-8-3-9-21-40/h1-36H. The van der Waals surface area contributed by atoms with Crippen LogP contribution in [0.3, 0.4) is 0 Å². The maximum absolute atomic E-state index is 5.46. The van der Waals surface area contributed by atoms with Gasteiger partial charge in [-0.2, -0.15) is 0 Å². The maximum atomic E-state index is 5.46. The molecule has 5 heteroatoms. The van der Waals surface area contributed by atoms with E-state index in [2.05, 4.69) is 158 Å². The Labute approximate surface area is 375 Å². The van der Waals surface area contributed by atoms with Gasteiger partial charge in [0.1, 0.15) is 0 Å². The highest BCUT2D eigenvalue weighted by molar-refractivity contribution is 7.99. The summed E-state index contributed by atoms with van der Waals surface area (Å²) in [6, 6.07) is 78.2. The molecule has 3 heterocycles. The lowest BCUT2D eigenvalue weighted by Gasteiger charge is -2.39. The fraction of sp³-hybridized carbons (Fsp3) is 0.0169. The Hall–Kier alpha value is -7.99. The zero-order chi connectivity index (χ0) is 42.2. The molecule has 298 valence electrons. The number of nitrogens with zero attached hydrogens (tertiary/aromatic N) is 4. The molecule has 0 saturated carbocycles. The van der Waals surface area contributed by atoms with Crippen LogP contribution in [0, 0.1) is 0 Å². The SMILES string of the molecule is c1ccc(-c2nc(-c3ccccc3)nc(-c3ccc(-c4ccc5nc(-c6ccccc6)c6cc7c(cc6c5c4)C4(c5ccccc5Sc5ccccc54)c4ccccc4-7)cc3)n2)cc1. The summed E-state index contributed by atoms with van der Waals surface area (Å²) < 4.78 is 0. The summed E-state index contributed by atoms with van der Waals surface area (Å²) in [4.78, 5) is 22.9. The predicted molar refractivity (Wildman–Crippen MR) is 261 cm³/mol. The lowest BCUT2D eigenvalue weighted by molar-refractivity contribution is 0.723. The van der Waals surface area contributed by atoms with E-state index in [1.54, 1.807) is 0 Å².